The fraction of sp³-hybridized carbons (Fsp3) is 0.429. The van der Waals surface area contributed by atoms with E-state index in [9.17, 15) is 4.79 Å². The number of carbonyl (C=O) groups excluding carboxylic acids is 1. The molecule has 0 atom stereocenters. The lowest BCUT2D eigenvalue weighted by molar-refractivity contribution is -0.125. The number of piperidine rings is 1. The molecule has 2 rings (SSSR count). The van der Waals surface area contributed by atoms with Crippen LogP contribution in [0.5, 0.6) is 0 Å². The molecule has 0 aliphatic carbocycles. The largest absolute Gasteiger partial charge is 0.389 e. The number of halogens is 1. The van der Waals surface area contributed by atoms with Crippen LogP contribution in [-0.4, -0.2) is 31.0 Å². The molecule has 20 heavy (non-hydrogen) atoms. The molecule has 1 aliphatic rings. The maximum Gasteiger partial charge on any atom is 0.222 e. The Morgan fingerprint density at radius 2 is 2.10 bits per heavy atom. The van der Waals surface area contributed by atoms with Crippen molar-refractivity contribution in [2.75, 3.05) is 25.0 Å². The second-order valence-electron chi connectivity index (χ2n) is 4.90. The lowest BCUT2D eigenvalue weighted by Gasteiger charge is -2.34. The zero-order chi connectivity index (χ0) is 14.7. The summed E-state index contributed by atoms with van der Waals surface area (Å²) >= 11 is 11.2. The Hall–Kier alpha value is -1.33. The normalized spacial score (nSPS) is 16.0. The number of benzene rings is 1. The molecule has 1 saturated heterocycles. The molecule has 1 aliphatic heterocycles. The predicted octanol–water partition coefficient (Wildman–Crippen LogP) is 1.94. The summed E-state index contributed by atoms with van der Waals surface area (Å²) in [6.45, 7) is 1.60. The van der Waals surface area contributed by atoms with E-state index in [-0.39, 0.29) is 11.8 Å². The molecule has 0 spiro atoms. The Morgan fingerprint density at radius 1 is 1.45 bits per heavy atom. The van der Waals surface area contributed by atoms with E-state index in [0.717, 1.165) is 37.2 Å². The molecule has 0 radical (unpaired) electrons. The average Bonchev–Trinajstić information content (AvgIpc) is 2.46. The summed E-state index contributed by atoms with van der Waals surface area (Å²) in [6, 6.07) is 5.53. The molecule has 1 heterocycles. The van der Waals surface area contributed by atoms with Crippen LogP contribution in [0.25, 0.3) is 0 Å². The van der Waals surface area contributed by atoms with Crippen LogP contribution in [0.15, 0.2) is 18.2 Å². The smallest absolute Gasteiger partial charge is 0.222 e. The average molecular weight is 312 g/mol. The molecular weight excluding hydrogens is 294 g/mol. The fourth-order valence-corrected chi connectivity index (χ4v) is 2.90. The van der Waals surface area contributed by atoms with Gasteiger partial charge < -0.3 is 16.0 Å². The number of hydrogen-bond donors (Lipinski definition) is 2. The molecule has 0 saturated carbocycles. The summed E-state index contributed by atoms with van der Waals surface area (Å²) < 4.78 is 0. The maximum absolute atomic E-state index is 11.6. The van der Waals surface area contributed by atoms with E-state index in [1.54, 1.807) is 13.1 Å². The molecular formula is C14H18ClN3OS. The van der Waals surface area contributed by atoms with Crippen molar-refractivity contribution in [2.45, 2.75) is 12.8 Å². The van der Waals surface area contributed by atoms with Gasteiger partial charge in [0.25, 0.3) is 0 Å². The number of nitrogens with zero attached hydrogens (tertiary/aromatic N) is 1. The molecule has 0 aromatic heterocycles. The van der Waals surface area contributed by atoms with Crippen LogP contribution in [0.3, 0.4) is 0 Å². The molecule has 6 heteroatoms. The number of anilines is 1. The van der Waals surface area contributed by atoms with Crippen LogP contribution < -0.4 is 16.0 Å². The third kappa shape index (κ3) is 3.22. The van der Waals surface area contributed by atoms with Crippen LogP contribution in [0.4, 0.5) is 5.69 Å². The lowest BCUT2D eigenvalue weighted by atomic mass is 9.95. The number of thiocarbonyl (C=S) groups is 1. The van der Waals surface area contributed by atoms with Crippen LogP contribution in [0.1, 0.15) is 18.4 Å². The summed E-state index contributed by atoms with van der Waals surface area (Å²) in [4.78, 5) is 14.2. The predicted molar refractivity (Wildman–Crippen MR) is 86.3 cm³/mol. The van der Waals surface area contributed by atoms with E-state index in [1.807, 2.05) is 12.1 Å². The summed E-state index contributed by atoms with van der Waals surface area (Å²) in [6.07, 6.45) is 1.64. The lowest BCUT2D eigenvalue weighted by Crippen LogP contribution is -2.40. The minimum atomic E-state index is 0.0868. The highest BCUT2D eigenvalue weighted by Crippen LogP contribution is 2.29. The van der Waals surface area contributed by atoms with Gasteiger partial charge in [-0.15, -0.1) is 0 Å². The van der Waals surface area contributed by atoms with Crippen LogP contribution in [0.2, 0.25) is 5.02 Å². The first-order valence-corrected chi connectivity index (χ1v) is 7.37. The minimum Gasteiger partial charge on any atom is -0.389 e. The molecule has 1 fully saturated rings. The summed E-state index contributed by atoms with van der Waals surface area (Å²) in [7, 11) is 1.68. The van der Waals surface area contributed by atoms with Gasteiger partial charge in [0.1, 0.15) is 4.99 Å². The van der Waals surface area contributed by atoms with Crippen molar-refractivity contribution in [3.05, 3.63) is 28.8 Å². The van der Waals surface area contributed by atoms with E-state index >= 15 is 0 Å². The topological polar surface area (TPSA) is 58.4 Å². The number of amides is 1. The quantitative estimate of drug-likeness (QED) is 0.838. The highest BCUT2D eigenvalue weighted by molar-refractivity contribution is 7.80. The molecule has 1 amide bonds. The van der Waals surface area contributed by atoms with E-state index in [1.165, 1.54) is 0 Å². The molecule has 1 aromatic rings. The van der Waals surface area contributed by atoms with E-state index in [0.29, 0.717) is 10.0 Å². The standard InChI is InChI=1S/C14H18ClN3OS/c1-17-14(19)9-4-6-18(7-5-9)12-8-10(15)2-3-11(12)13(16)20/h2-3,8-9H,4-7H2,1H3,(H2,16,20)(H,17,19). The van der Waals surface area contributed by atoms with Crippen molar-refractivity contribution in [3.8, 4) is 0 Å². The second-order valence-corrected chi connectivity index (χ2v) is 5.78. The Bertz CT molecular complexity index is 527. The molecule has 108 valence electrons. The Labute approximate surface area is 129 Å². The van der Waals surface area contributed by atoms with Crippen molar-refractivity contribution < 1.29 is 4.79 Å². The third-order valence-corrected chi connectivity index (χ3v) is 4.13. The van der Waals surface area contributed by atoms with Gasteiger partial charge >= 0.3 is 0 Å². The Kier molecular flexibility index (Phi) is 4.83. The van der Waals surface area contributed by atoms with Crippen LogP contribution in [0, 0.1) is 5.92 Å². The van der Waals surface area contributed by atoms with E-state index < -0.39 is 0 Å². The van der Waals surface area contributed by atoms with E-state index in [2.05, 4.69) is 10.2 Å². The summed E-state index contributed by atoms with van der Waals surface area (Å²) in [5.74, 6) is 0.203. The van der Waals surface area contributed by atoms with Crippen molar-refractivity contribution >= 4 is 40.4 Å². The van der Waals surface area contributed by atoms with Gasteiger partial charge in [-0.25, -0.2) is 0 Å². The Balaban J connectivity index is 2.16. The minimum absolute atomic E-state index is 0.0868. The zero-order valence-electron chi connectivity index (χ0n) is 11.4. The molecule has 0 unspecified atom stereocenters. The highest BCUT2D eigenvalue weighted by atomic mass is 35.5. The van der Waals surface area contributed by atoms with Gasteiger partial charge in [0.2, 0.25) is 5.91 Å². The van der Waals surface area contributed by atoms with Crippen molar-refractivity contribution in [3.63, 3.8) is 0 Å². The monoisotopic (exact) mass is 311 g/mol. The first-order chi connectivity index (χ1) is 9.52. The van der Waals surface area contributed by atoms with Gasteiger partial charge in [-0.2, -0.15) is 0 Å². The number of nitrogens with one attached hydrogen (secondary N) is 1. The summed E-state index contributed by atoms with van der Waals surface area (Å²) in [5, 5.41) is 3.37. The second kappa shape index (κ2) is 6.41. The van der Waals surface area contributed by atoms with Crippen LogP contribution >= 0.6 is 23.8 Å². The van der Waals surface area contributed by atoms with Gasteiger partial charge in [0.15, 0.2) is 0 Å². The van der Waals surface area contributed by atoms with Crippen LogP contribution in [-0.2, 0) is 4.79 Å². The highest BCUT2D eigenvalue weighted by Gasteiger charge is 2.25. The molecule has 1 aromatic carbocycles. The van der Waals surface area contributed by atoms with Crippen molar-refractivity contribution in [1.29, 1.82) is 0 Å². The Morgan fingerprint density at radius 3 is 2.65 bits per heavy atom. The third-order valence-electron chi connectivity index (χ3n) is 3.68. The van der Waals surface area contributed by atoms with Gasteiger partial charge in [-0.1, -0.05) is 23.8 Å². The van der Waals surface area contributed by atoms with Crippen molar-refractivity contribution in [2.24, 2.45) is 11.7 Å². The number of nitrogens with two attached hydrogens (primary N) is 1. The van der Waals surface area contributed by atoms with Gasteiger partial charge in [0, 0.05) is 42.3 Å². The first kappa shape index (κ1) is 15.1. The number of rotatable bonds is 3. The molecule has 3 N–H and O–H groups in total. The van der Waals surface area contributed by atoms with Gasteiger partial charge in [-0.3, -0.25) is 4.79 Å². The maximum atomic E-state index is 11.6. The first-order valence-electron chi connectivity index (χ1n) is 6.59. The number of carbonyl (C=O) groups is 1. The van der Waals surface area contributed by atoms with Gasteiger partial charge in [-0.05, 0) is 31.0 Å². The van der Waals surface area contributed by atoms with E-state index in [4.69, 9.17) is 29.6 Å². The molecule has 4 nitrogen and oxygen atoms in total. The fourth-order valence-electron chi connectivity index (χ4n) is 2.56. The zero-order valence-corrected chi connectivity index (χ0v) is 12.9. The summed E-state index contributed by atoms with van der Waals surface area (Å²) in [5.41, 5.74) is 7.56. The molecule has 0 bridgehead atoms. The van der Waals surface area contributed by atoms with Crippen molar-refractivity contribution in [1.82, 2.24) is 5.32 Å². The SMILES string of the molecule is CNC(=O)C1CCN(c2cc(Cl)ccc2C(N)=S)CC1. The van der Waals surface area contributed by atoms with Gasteiger partial charge in [0.05, 0.1) is 0 Å². The number of hydrogen-bond acceptors (Lipinski definition) is 3.